The molecule has 0 bridgehead atoms. The van der Waals surface area contributed by atoms with Crippen LogP contribution in [0.3, 0.4) is 0 Å². The van der Waals surface area contributed by atoms with Gasteiger partial charge < -0.3 is 23.7 Å². The van der Waals surface area contributed by atoms with E-state index in [4.69, 9.17) is 23.7 Å². The van der Waals surface area contributed by atoms with Crippen LogP contribution in [0.2, 0.25) is 0 Å². The monoisotopic (exact) mass is 514 g/mol. The van der Waals surface area contributed by atoms with E-state index in [9.17, 15) is 9.59 Å². The molecular weight excluding hydrogens is 460 g/mol. The highest BCUT2D eigenvalue weighted by Crippen LogP contribution is 2.13. The predicted octanol–water partition coefficient (Wildman–Crippen LogP) is 6.57. The Morgan fingerprint density at radius 2 is 0.889 bits per heavy atom. The molecule has 0 aromatic heterocycles. The van der Waals surface area contributed by atoms with Crippen LogP contribution in [-0.4, -0.2) is 64.8 Å². The zero-order valence-electron chi connectivity index (χ0n) is 23.1. The van der Waals surface area contributed by atoms with Crippen molar-refractivity contribution in [3.05, 3.63) is 12.7 Å². The molecule has 0 heterocycles. The second-order valence-electron chi connectivity index (χ2n) is 9.13. The zero-order valence-corrected chi connectivity index (χ0v) is 23.1. The van der Waals surface area contributed by atoms with Crippen molar-refractivity contribution in [1.82, 2.24) is 0 Å². The van der Waals surface area contributed by atoms with Gasteiger partial charge in [0.2, 0.25) is 0 Å². The summed E-state index contributed by atoms with van der Waals surface area (Å²) in [5, 5.41) is 0. The topological polar surface area (TPSA) is 80.3 Å². The van der Waals surface area contributed by atoms with Crippen molar-refractivity contribution >= 4 is 11.9 Å². The SMILES string of the molecule is C=CC(=O)OCCOCCOCCOCCOC(=O)CCCCCCCCCCCCCCCCC. The van der Waals surface area contributed by atoms with Crippen LogP contribution >= 0.6 is 0 Å². The first-order chi connectivity index (χ1) is 17.7. The first kappa shape index (κ1) is 34.6. The van der Waals surface area contributed by atoms with Crippen LogP contribution in [0.5, 0.6) is 0 Å². The van der Waals surface area contributed by atoms with Gasteiger partial charge in [-0.25, -0.2) is 4.79 Å². The van der Waals surface area contributed by atoms with Gasteiger partial charge in [0.15, 0.2) is 0 Å². The Balaban J connectivity index is 3.17. The van der Waals surface area contributed by atoms with Gasteiger partial charge in [0.25, 0.3) is 0 Å². The lowest BCUT2D eigenvalue weighted by molar-refractivity contribution is -0.145. The van der Waals surface area contributed by atoms with Crippen LogP contribution in [0.4, 0.5) is 0 Å². The molecule has 0 atom stereocenters. The highest BCUT2D eigenvalue weighted by Gasteiger charge is 2.03. The molecule has 0 amide bonds. The molecule has 0 rings (SSSR count). The maximum Gasteiger partial charge on any atom is 0.330 e. The minimum atomic E-state index is -0.456. The number of hydrogen-bond donors (Lipinski definition) is 0. The summed E-state index contributed by atoms with van der Waals surface area (Å²) < 4.78 is 26.0. The number of hydrogen-bond acceptors (Lipinski definition) is 7. The van der Waals surface area contributed by atoms with Crippen LogP contribution in [0.25, 0.3) is 0 Å². The number of carbonyl (C=O) groups is 2. The largest absolute Gasteiger partial charge is 0.463 e. The van der Waals surface area contributed by atoms with E-state index in [2.05, 4.69) is 13.5 Å². The van der Waals surface area contributed by atoms with Crippen LogP contribution in [0.1, 0.15) is 110 Å². The van der Waals surface area contributed by atoms with Gasteiger partial charge >= 0.3 is 11.9 Å². The van der Waals surface area contributed by atoms with Crippen molar-refractivity contribution in [2.24, 2.45) is 0 Å². The van der Waals surface area contributed by atoms with E-state index >= 15 is 0 Å². The summed E-state index contributed by atoms with van der Waals surface area (Å²) >= 11 is 0. The summed E-state index contributed by atoms with van der Waals surface area (Å²) in [6.07, 6.45) is 21.3. The molecule has 0 spiro atoms. The Labute approximate surface area is 220 Å². The molecule has 0 unspecified atom stereocenters. The summed E-state index contributed by atoms with van der Waals surface area (Å²) in [4.78, 5) is 22.6. The van der Waals surface area contributed by atoms with Crippen LogP contribution in [0.15, 0.2) is 12.7 Å². The summed E-state index contributed by atoms with van der Waals surface area (Å²) in [7, 11) is 0. The molecule has 212 valence electrons. The van der Waals surface area contributed by atoms with Gasteiger partial charge in [-0.2, -0.15) is 0 Å². The smallest absolute Gasteiger partial charge is 0.330 e. The molecule has 0 aliphatic heterocycles. The Bertz CT molecular complexity index is 496. The first-order valence-electron chi connectivity index (χ1n) is 14.4. The van der Waals surface area contributed by atoms with Crippen LogP contribution < -0.4 is 0 Å². The van der Waals surface area contributed by atoms with Gasteiger partial charge in [-0.05, 0) is 6.42 Å². The maximum atomic E-state index is 11.8. The van der Waals surface area contributed by atoms with Gasteiger partial charge in [0.05, 0.1) is 39.6 Å². The molecule has 0 aliphatic rings. The summed E-state index contributed by atoms with van der Waals surface area (Å²) in [6, 6.07) is 0. The third-order valence-electron chi connectivity index (χ3n) is 5.86. The number of ether oxygens (including phenoxy) is 5. The summed E-state index contributed by atoms with van der Waals surface area (Å²) in [6.45, 7) is 8.50. The normalized spacial score (nSPS) is 10.9. The summed E-state index contributed by atoms with van der Waals surface area (Å²) in [5.41, 5.74) is 0. The van der Waals surface area contributed by atoms with Gasteiger partial charge in [0.1, 0.15) is 13.2 Å². The van der Waals surface area contributed by atoms with E-state index in [-0.39, 0.29) is 19.2 Å². The van der Waals surface area contributed by atoms with Gasteiger partial charge in [-0.15, -0.1) is 0 Å². The second kappa shape index (κ2) is 29.8. The first-order valence-corrected chi connectivity index (χ1v) is 14.4. The molecular formula is C29H54O7. The fraction of sp³-hybridized carbons (Fsp3) is 0.862. The Morgan fingerprint density at radius 3 is 1.31 bits per heavy atom. The van der Waals surface area contributed by atoms with E-state index in [1.807, 2.05) is 0 Å². The molecule has 0 aromatic carbocycles. The third kappa shape index (κ3) is 28.8. The minimum Gasteiger partial charge on any atom is -0.463 e. The number of unbranched alkanes of at least 4 members (excludes halogenated alkanes) is 14. The van der Waals surface area contributed by atoms with E-state index < -0.39 is 5.97 Å². The molecule has 36 heavy (non-hydrogen) atoms. The lowest BCUT2D eigenvalue weighted by atomic mass is 10.0. The molecule has 0 saturated carbocycles. The van der Waals surface area contributed by atoms with Crippen molar-refractivity contribution in [3.63, 3.8) is 0 Å². The average Bonchev–Trinajstić information content (AvgIpc) is 2.88. The highest BCUT2D eigenvalue weighted by atomic mass is 16.6. The Kier molecular flexibility index (Phi) is 28.6. The van der Waals surface area contributed by atoms with Gasteiger partial charge in [-0.1, -0.05) is 103 Å². The molecule has 0 aromatic rings. The highest BCUT2D eigenvalue weighted by molar-refractivity contribution is 5.81. The minimum absolute atomic E-state index is 0.138. The second-order valence-corrected chi connectivity index (χ2v) is 9.13. The van der Waals surface area contributed by atoms with Crippen molar-refractivity contribution in [3.8, 4) is 0 Å². The van der Waals surface area contributed by atoms with E-state index in [0.29, 0.717) is 46.1 Å². The molecule has 0 radical (unpaired) electrons. The number of rotatable bonds is 29. The molecule has 7 heteroatoms. The molecule has 0 saturated heterocycles. The molecule has 0 N–H and O–H groups in total. The van der Waals surface area contributed by atoms with Gasteiger partial charge in [-0.3, -0.25) is 4.79 Å². The van der Waals surface area contributed by atoms with Crippen molar-refractivity contribution in [2.75, 3.05) is 52.9 Å². The van der Waals surface area contributed by atoms with Crippen LogP contribution in [-0.2, 0) is 33.3 Å². The Morgan fingerprint density at radius 1 is 0.528 bits per heavy atom. The number of carbonyl (C=O) groups excluding carboxylic acids is 2. The summed E-state index contributed by atoms with van der Waals surface area (Å²) in [5.74, 6) is -0.594. The van der Waals surface area contributed by atoms with E-state index in [0.717, 1.165) is 18.9 Å². The van der Waals surface area contributed by atoms with Crippen molar-refractivity contribution < 1.29 is 33.3 Å². The molecule has 0 aliphatic carbocycles. The van der Waals surface area contributed by atoms with Crippen LogP contribution in [0, 0.1) is 0 Å². The zero-order chi connectivity index (χ0) is 26.4. The van der Waals surface area contributed by atoms with Gasteiger partial charge in [0, 0.05) is 12.5 Å². The predicted molar refractivity (Wildman–Crippen MR) is 144 cm³/mol. The average molecular weight is 515 g/mol. The molecule has 7 nitrogen and oxygen atoms in total. The van der Waals surface area contributed by atoms with E-state index in [1.54, 1.807) is 0 Å². The fourth-order valence-corrected chi connectivity index (χ4v) is 3.73. The number of esters is 2. The van der Waals surface area contributed by atoms with Crippen molar-refractivity contribution in [1.29, 1.82) is 0 Å². The lowest BCUT2D eigenvalue weighted by Gasteiger charge is -2.08. The maximum absolute atomic E-state index is 11.8. The standard InChI is InChI=1S/C29H54O7/c1-3-5-6-7-8-9-10-11-12-13-14-15-16-17-18-19-29(31)36-27-25-34-23-21-32-20-22-33-24-26-35-28(30)4-2/h4H,2-3,5-27H2,1H3. The van der Waals surface area contributed by atoms with E-state index in [1.165, 1.54) is 83.5 Å². The quantitative estimate of drug-likeness (QED) is 0.0634. The fourth-order valence-electron chi connectivity index (χ4n) is 3.73. The molecule has 0 fully saturated rings. The third-order valence-corrected chi connectivity index (χ3v) is 5.86. The lowest BCUT2D eigenvalue weighted by Crippen LogP contribution is -2.15. The van der Waals surface area contributed by atoms with Crippen molar-refractivity contribution in [2.45, 2.75) is 110 Å². The Hall–Kier alpha value is -1.44.